The molecule has 0 amide bonds. The van der Waals surface area contributed by atoms with E-state index in [0.717, 1.165) is 0 Å². The summed E-state index contributed by atoms with van der Waals surface area (Å²) in [5.41, 5.74) is 1.92. The monoisotopic (exact) mass is 742 g/mol. The third-order valence-corrected chi connectivity index (χ3v) is 9.87. The maximum Gasteiger partial charge on any atom is 0.262 e. The van der Waals surface area contributed by atoms with E-state index in [9.17, 15) is 27.0 Å². The van der Waals surface area contributed by atoms with Crippen molar-refractivity contribution in [2.75, 3.05) is 34.3 Å². The Labute approximate surface area is 300 Å². The molecule has 2 aromatic heterocycles. The molecular formula is C36H34N6O8S2. The molecule has 6 rings (SSSR count). The van der Waals surface area contributed by atoms with E-state index < -0.39 is 20.0 Å². The van der Waals surface area contributed by atoms with Gasteiger partial charge in [0.15, 0.2) is 11.6 Å². The largest absolute Gasteiger partial charge is 0.508 e. The van der Waals surface area contributed by atoms with Gasteiger partial charge in [-0.15, -0.1) is 0 Å². The molecule has 0 radical (unpaired) electrons. The Balaban J connectivity index is 0.000000201. The molecular weight excluding hydrogens is 709 g/mol. The minimum Gasteiger partial charge on any atom is -0.508 e. The summed E-state index contributed by atoms with van der Waals surface area (Å²) >= 11 is 0. The number of rotatable bonds is 12. The molecule has 0 aliphatic rings. The summed E-state index contributed by atoms with van der Waals surface area (Å²) in [6, 6.07) is 31.4. The Morgan fingerprint density at radius 2 is 0.846 bits per heavy atom. The third kappa shape index (κ3) is 9.80. The normalized spacial score (nSPS) is 11.0. The standard InChI is InChI=1S/2C18H17N3O4S/c2*1-25-15-8-10-16(11-9-15)26(23,24)21-17-3-2-12-19-18(17)20-13-4-6-14(22)7-5-13/h2*2-12,21-22H,1H3,(H,19,20). The van der Waals surface area contributed by atoms with Crippen LogP contribution in [0.25, 0.3) is 0 Å². The predicted molar refractivity (Wildman–Crippen MR) is 199 cm³/mol. The van der Waals surface area contributed by atoms with Crippen molar-refractivity contribution in [2.24, 2.45) is 0 Å². The van der Waals surface area contributed by atoms with Gasteiger partial charge in [0.2, 0.25) is 0 Å². The van der Waals surface area contributed by atoms with E-state index in [2.05, 4.69) is 30.0 Å². The number of nitrogens with one attached hydrogen (secondary N) is 4. The van der Waals surface area contributed by atoms with Crippen molar-refractivity contribution in [3.63, 3.8) is 0 Å². The number of nitrogens with zero attached hydrogens (tertiary/aromatic N) is 2. The van der Waals surface area contributed by atoms with Crippen molar-refractivity contribution in [3.05, 3.63) is 134 Å². The van der Waals surface area contributed by atoms with Gasteiger partial charge in [-0.25, -0.2) is 26.8 Å². The van der Waals surface area contributed by atoms with Crippen LogP contribution >= 0.6 is 0 Å². The molecule has 4 aromatic carbocycles. The second kappa shape index (κ2) is 16.5. The van der Waals surface area contributed by atoms with Crippen LogP contribution in [0.15, 0.2) is 144 Å². The van der Waals surface area contributed by atoms with Crippen molar-refractivity contribution in [1.29, 1.82) is 0 Å². The van der Waals surface area contributed by atoms with Gasteiger partial charge in [0.05, 0.1) is 35.4 Å². The number of methoxy groups -OCH3 is 2. The lowest BCUT2D eigenvalue weighted by atomic mass is 10.3. The van der Waals surface area contributed by atoms with Gasteiger partial charge in [-0.2, -0.15) is 0 Å². The average Bonchev–Trinajstić information content (AvgIpc) is 3.15. The van der Waals surface area contributed by atoms with E-state index >= 15 is 0 Å². The molecule has 6 aromatic rings. The quantitative estimate of drug-likeness (QED) is 0.0728. The SMILES string of the molecule is COc1ccc(S(=O)(=O)Nc2cccnc2Nc2ccc(O)cc2)cc1.COc1ccc(S(=O)(=O)Nc2cccnc2Nc2ccc(O)cc2)cc1. The van der Waals surface area contributed by atoms with Crippen LogP contribution in [0, 0.1) is 0 Å². The molecule has 0 aliphatic carbocycles. The number of phenols is 2. The molecule has 0 spiro atoms. The molecule has 0 saturated heterocycles. The van der Waals surface area contributed by atoms with Gasteiger partial charge in [-0.1, -0.05) is 0 Å². The van der Waals surface area contributed by atoms with E-state index in [0.29, 0.717) is 45.9 Å². The van der Waals surface area contributed by atoms with Gasteiger partial charge in [0.25, 0.3) is 20.0 Å². The fourth-order valence-corrected chi connectivity index (χ4v) is 6.59. The van der Waals surface area contributed by atoms with Crippen LogP contribution in [0.4, 0.5) is 34.4 Å². The van der Waals surface area contributed by atoms with Gasteiger partial charge in [0, 0.05) is 23.8 Å². The zero-order valence-corrected chi connectivity index (χ0v) is 29.4. The molecule has 0 aliphatic heterocycles. The lowest BCUT2D eigenvalue weighted by Gasteiger charge is -2.13. The van der Waals surface area contributed by atoms with Crippen molar-refractivity contribution >= 4 is 54.4 Å². The highest BCUT2D eigenvalue weighted by Crippen LogP contribution is 2.28. The Morgan fingerprint density at radius 1 is 0.500 bits per heavy atom. The molecule has 6 N–H and O–H groups in total. The van der Waals surface area contributed by atoms with Gasteiger partial charge < -0.3 is 30.3 Å². The van der Waals surface area contributed by atoms with Crippen LogP contribution in [-0.2, 0) is 20.0 Å². The van der Waals surface area contributed by atoms with Crippen LogP contribution in [-0.4, -0.2) is 51.2 Å². The Bertz CT molecular complexity index is 2140. The first-order valence-electron chi connectivity index (χ1n) is 15.3. The number of phenolic OH excluding ortho intramolecular Hbond substituents is 2. The van der Waals surface area contributed by atoms with E-state index in [1.54, 1.807) is 85.2 Å². The zero-order chi connectivity index (χ0) is 37.1. The van der Waals surface area contributed by atoms with Gasteiger partial charge >= 0.3 is 0 Å². The van der Waals surface area contributed by atoms with Crippen LogP contribution in [0.2, 0.25) is 0 Å². The van der Waals surface area contributed by atoms with Gasteiger partial charge in [0.1, 0.15) is 23.0 Å². The predicted octanol–water partition coefficient (Wildman–Crippen LogP) is 6.68. The number of aromatic nitrogens is 2. The van der Waals surface area contributed by atoms with E-state index in [1.165, 1.54) is 62.8 Å². The number of pyridine rings is 2. The van der Waals surface area contributed by atoms with Crippen molar-refractivity contribution in [1.82, 2.24) is 9.97 Å². The van der Waals surface area contributed by atoms with E-state index in [-0.39, 0.29) is 21.3 Å². The summed E-state index contributed by atoms with van der Waals surface area (Å²) in [6.07, 6.45) is 3.10. The molecule has 268 valence electrons. The van der Waals surface area contributed by atoms with Crippen molar-refractivity contribution in [3.8, 4) is 23.0 Å². The molecule has 0 bridgehead atoms. The number of hydrogen-bond donors (Lipinski definition) is 6. The van der Waals surface area contributed by atoms with Crippen LogP contribution < -0.4 is 29.6 Å². The van der Waals surface area contributed by atoms with Crippen molar-refractivity contribution in [2.45, 2.75) is 9.79 Å². The number of aromatic hydroxyl groups is 2. The molecule has 0 atom stereocenters. The molecule has 0 unspecified atom stereocenters. The fraction of sp³-hybridized carbons (Fsp3) is 0.0556. The Hall–Kier alpha value is -6.52. The molecule has 0 saturated carbocycles. The third-order valence-electron chi connectivity index (χ3n) is 7.10. The Morgan fingerprint density at radius 3 is 1.17 bits per heavy atom. The molecule has 2 heterocycles. The smallest absolute Gasteiger partial charge is 0.262 e. The second-order valence-electron chi connectivity index (χ2n) is 10.7. The number of sulfonamides is 2. The number of benzene rings is 4. The van der Waals surface area contributed by atoms with E-state index in [1.807, 2.05) is 0 Å². The van der Waals surface area contributed by atoms with Crippen molar-refractivity contribution < 1.29 is 36.5 Å². The molecule has 16 heteroatoms. The second-order valence-corrected chi connectivity index (χ2v) is 14.1. The summed E-state index contributed by atoms with van der Waals surface area (Å²) in [4.78, 5) is 8.58. The summed E-state index contributed by atoms with van der Waals surface area (Å²) in [7, 11) is -4.55. The number of anilines is 6. The minimum atomic E-state index is -3.79. The summed E-state index contributed by atoms with van der Waals surface area (Å²) < 4.78 is 65.6. The maximum absolute atomic E-state index is 12.6. The fourth-order valence-electron chi connectivity index (χ4n) is 4.45. The first-order chi connectivity index (χ1) is 25.0. The maximum atomic E-state index is 12.6. The highest BCUT2D eigenvalue weighted by molar-refractivity contribution is 7.93. The highest BCUT2D eigenvalue weighted by Gasteiger charge is 2.18. The summed E-state index contributed by atoms with van der Waals surface area (Å²) in [5, 5.41) is 24.7. The highest BCUT2D eigenvalue weighted by atomic mass is 32.2. The summed E-state index contributed by atoms with van der Waals surface area (Å²) in [5.74, 6) is 2.10. The Kier molecular flexibility index (Phi) is 11.6. The van der Waals surface area contributed by atoms with Gasteiger partial charge in [-0.05, 0) is 121 Å². The van der Waals surface area contributed by atoms with Gasteiger partial charge in [-0.3, -0.25) is 9.44 Å². The zero-order valence-electron chi connectivity index (χ0n) is 27.8. The molecule has 14 nitrogen and oxygen atoms in total. The van der Waals surface area contributed by atoms with E-state index in [4.69, 9.17) is 9.47 Å². The first-order valence-corrected chi connectivity index (χ1v) is 18.3. The first kappa shape index (κ1) is 36.8. The molecule has 52 heavy (non-hydrogen) atoms. The summed E-state index contributed by atoms with van der Waals surface area (Å²) in [6.45, 7) is 0. The molecule has 0 fully saturated rings. The number of hydrogen-bond acceptors (Lipinski definition) is 12. The van der Waals surface area contributed by atoms with Crippen LogP contribution in [0.3, 0.4) is 0 Å². The average molecular weight is 743 g/mol. The number of ether oxygens (including phenoxy) is 2. The van der Waals surface area contributed by atoms with Crippen LogP contribution in [0.5, 0.6) is 23.0 Å². The lowest BCUT2D eigenvalue weighted by molar-refractivity contribution is 0.414. The minimum absolute atomic E-state index is 0.109. The topological polar surface area (TPSA) is 201 Å². The lowest BCUT2D eigenvalue weighted by Crippen LogP contribution is -2.14. The van der Waals surface area contributed by atoms with Crippen LogP contribution in [0.1, 0.15) is 0 Å².